The third kappa shape index (κ3) is 2.15. The maximum Gasteiger partial charge on any atom is 0.335 e. The van der Waals surface area contributed by atoms with Gasteiger partial charge in [-0.05, 0) is 0 Å². The van der Waals surface area contributed by atoms with Crippen molar-refractivity contribution >= 4 is 5.97 Å². The molecule has 6 N–H and O–H groups in total. The molecule has 1 aromatic rings. The molecule has 7 nitrogen and oxygen atoms in total. The van der Waals surface area contributed by atoms with Crippen molar-refractivity contribution in [2.24, 2.45) is 0 Å². The maximum absolute atomic E-state index is 10.4. The molecule has 0 aliphatic carbocycles. The van der Waals surface area contributed by atoms with Crippen molar-refractivity contribution in [3.8, 4) is 17.2 Å². The summed E-state index contributed by atoms with van der Waals surface area (Å²) in [6.07, 6.45) is -4.19. The van der Waals surface area contributed by atoms with Gasteiger partial charge in [0.1, 0.15) is 23.4 Å². The van der Waals surface area contributed by atoms with E-state index in [2.05, 4.69) is 0 Å². The molecular formula is C9H10O7. The van der Waals surface area contributed by atoms with Gasteiger partial charge in [0.2, 0.25) is 0 Å². The van der Waals surface area contributed by atoms with Gasteiger partial charge in [-0.15, -0.1) is 0 Å². The van der Waals surface area contributed by atoms with E-state index in [-0.39, 0.29) is 0 Å². The van der Waals surface area contributed by atoms with Crippen LogP contribution in [0.2, 0.25) is 0 Å². The van der Waals surface area contributed by atoms with Crippen molar-refractivity contribution in [2.45, 2.75) is 12.2 Å². The van der Waals surface area contributed by atoms with E-state index < -0.39 is 41.0 Å². The van der Waals surface area contributed by atoms with E-state index in [0.717, 1.165) is 12.1 Å². The van der Waals surface area contributed by atoms with Gasteiger partial charge in [0.15, 0.2) is 6.10 Å². The molecule has 1 aromatic carbocycles. The summed E-state index contributed by atoms with van der Waals surface area (Å²) < 4.78 is 0. The molecule has 2 unspecified atom stereocenters. The molecule has 0 saturated heterocycles. The molecule has 88 valence electrons. The smallest absolute Gasteiger partial charge is 0.335 e. The van der Waals surface area contributed by atoms with E-state index in [0.29, 0.717) is 0 Å². The van der Waals surface area contributed by atoms with Crippen LogP contribution in [0.4, 0.5) is 0 Å². The number of carboxylic acids is 1. The summed E-state index contributed by atoms with van der Waals surface area (Å²) in [6.45, 7) is 0. The Kier molecular flexibility index (Phi) is 3.21. The van der Waals surface area contributed by atoms with Gasteiger partial charge in [-0.25, -0.2) is 4.79 Å². The van der Waals surface area contributed by atoms with Crippen molar-refractivity contribution in [2.75, 3.05) is 0 Å². The number of hydrogen-bond donors (Lipinski definition) is 6. The SMILES string of the molecule is O=C(O)C(O)C(O)c1c(O)cc(O)cc1O. The molecule has 1 rings (SSSR count). The summed E-state index contributed by atoms with van der Waals surface area (Å²) in [5.41, 5.74) is -0.562. The van der Waals surface area contributed by atoms with Gasteiger partial charge in [-0.1, -0.05) is 0 Å². The molecule has 0 spiro atoms. The predicted octanol–water partition coefficient (Wildman–Crippen LogP) is -0.718. The summed E-state index contributed by atoms with van der Waals surface area (Å²) in [5.74, 6) is -3.61. The highest BCUT2D eigenvalue weighted by Crippen LogP contribution is 2.37. The monoisotopic (exact) mass is 230 g/mol. The van der Waals surface area contributed by atoms with Crippen molar-refractivity contribution in [3.63, 3.8) is 0 Å². The lowest BCUT2D eigenvalue weighted by Gasteiger charge is -2.16. The number of phenols is 3. The highest BCUT2D eigenvalue weighted by molar-refractivity contribution is 5.73. The molecule has 0 radical (unpaired) electrons. The van der Waals surface area contributed by atoms with E-state index >= 15 is 0 Å². The standard InChI is InChI=1S/C9H10O7/c10-3-1-4(11)6(5(12)2-3)7(13)8(14)9(15)16/h1-2,7-8,10-14H,(H,15,16). The zero-order chi connectivity index (χ0) is 12.5. The first-order valence-corrected chi connectivity index (χ1v) is 4.18. The number of carboxylic acid groups (broad SMARTS) is 1. The molecule has 2 atom stereocenters. The zero-order valence-corrected chi connectivity index (χ0v) is 7.90. The van der Waals surface area contributed by atoms with E-state index in [1.165, 1.54) is 0 Å². The third-order valence-electron chi connectivity index (χ3n) is 1.97. The quantitative estimate of drug-likeness (QED) is 0.403. The van der Waals surface area contributed by atoms with Gasteiger partial charge in [0, 0.05) is 12.1 Å². The van der Waals surface area contributed by atoms with Crippen molar-refractivity contribution in [3.05, 3.63) is 17.7 Å². The summed E-state index contributed by atoms with van der Waals surface area (Å²) >= 11 is 0. The Hall–Kier alpha value is -1.99. The minimum Gasteiger partial charge on any atom is -0.508 e. The van der Waals surface area contributed by atoms with E-state index in [4.69, 9.17) is 15.3 Å². The largest absolute Gasteiger partial charge is 0.508 e. The van der Waals surface area contributed by atoms with Gasteiger partial charge in [-0.2, -0.15) is 0 Å². The lowest BCUT2D eigenvalue weighted by molar-refractivity contribution is -0.153. The van der Waals surface area contributed by atoms with Crippen LogP contribution >= 0.6 is 0 Å². The topological polar surface area (TPSA) is 138 Å². The highest BCUT2D eigenvalue weighted by atomic mass is 16.4. The van der Waals surface area contributed by atoms with E-state index in [1.807, 2.05) is 0 Å². The Morgan fingerprint density at radius 3 is 1.88 bits per heavy atom. The van der Waals surface area contributed by atoms with Crippen LogP contribution in [-0.4, -0.2) is 42.7 Å². The Morgan fingerprint density at radius 2 is 1.50 bits per heavy atom. The molecule has 0 aliphatic rings. The average Bonchev–Trinajstić information content (AvgIpc) is 2.14. The maximum atomic E-state index is 10.4. The Labute approximate surface area is 89.5 Å². The van der Waals surface area contributed by atoms with E-state index in [9.17, 15) is 20.1 Å². The summed E-state index contributed by atoms with van der Waals surface area (Å²) in [4.78, 5) is 10.4. The second-order valence-electron chi connectivity index (χ2n) is 3.13. The Balaban J connectivity index is 3.18. The molecule has 0 saturated carbocycles. The number of aliphatic carboxylic acids is 1. The molecule has 0 amide bonds. The minimum absolute atomic E-state index is 0.462. The van der Waals surface area contributed by atoms with Crippen LogP contribution < -0.4 is 0 Å². The predicted molar refractivity (Wildman–Crippen MR) is 50.0 cm³/mol. The first kappa shape index (κ1) is 12.1. The van der Waals surface area contributed by atoms with Crippen LogP contribution in [0.25, 0.3) is 0 Å². The zero-order valence-electron chi connectivity index (χ0n) is 7.90. The fourth-order valence-electron chi connectivity index (χ4n) is 1.20. The van der Waals surface area contributed by atoms with Crippen LogP contribution in [0.3, 0.4) is 0 Å². The molecular weight excluding hydrogens is 220 g/mol. The molecule has 0 bridgehead atoms. The molecule has 0 heterocycles. The number of aliphatic hydroxyl groups is 2. The number of aliphatic hydroxyl groups excluding tert-OH is 2. The van der Waals surface area contributed by atoms with Crippen LogP contribution in [-0.2, 0) is 4.79 Å². The molecule has 0 aliphatic heterocycles. The summed E-state index contributed by atoms with van der Waals surface area (Å²) in [7, 11) is 0. The Morgan fingerprint density at radius 1 is 1.06 bits per heavy atom. The number of phenolic OH excluding ortho intramolecular Hbond substituents is 3. The fourth-order valence-corrected chi connectivity index (χ4v) is 1.20. The summed E-state index contributed by atoms with van der Waals surface area (Å²) in [5, 5.41) is 54.4. The second-order valence-corrected chi connectivity index (χ2v) is 3.13. The van der Waals surface area contributed by atoms with Crippen LogP contribution in [0.15, 0.2) is 12.1 Å². The van der Waals surface area contributed by atoms with Crippen LogP contribution in [0, 0.1) is 0 Å². The lowest BCUT2D eigenvalue weighted by atomic mass is 10.0. The van der Waals surface area contributed by atoms with E-state index in [1.54, 1.807) is 0 Å². The van der Waals surface area contributed by atoms with Crippen LogP contribution in [0.1, 0.15) is 11.7 Å². The normalized spacial score (nSPS) is 14.4. The number of benzene rings is 1. The molecule has 7 heteroatoms. The number of aromatic hydroxyl groups is 3. The number of carbonyl (C=O) groups is 1. The first-order valence-electron chi connectivity index (χ1n) is 4.18. The summed E-state index contributed by atoms with van der Waals surface area (Å²) in [6, 6.07) is 1.60. The molecule has 0 fully saturated rings. The Bertz CT molecular complexity index is 391. The molecule has 0 aromatic heterocycles. The highest BCUT2D eigenvalue weighted by Gasteiger charge is 2.30. The van der Waals surface area contributed by atoms with Gasteiger partial charge in [0.25, 0.3) is 0 Å². The lowest BCUT2D eigenvalue weighted by Crippen LogP contribution is -2.27. The second kappa shape index (κ2) is 4.25. The number of hydrogen-bond acceptors (Lipinski definition) is 6. The number of rotatable bonds is 3. The minimum atomic E-state index is -2.19. The van der Waals surface area contributed by atoms with Crippen molar-refractivity contribution in [1.29, 1.82) is 0 Å². The van der Waals surface area contributed by atoms with Crippen molar-refractivity contribution < 1.29 is 35.4 Å². The van der Waals surface area contributed by atoms with Crippen LogP contribution in [0.5, 0.6) is 17.2 Å². The fraction of sp³-hybridized carbons (Fsp3) is 0.222. The molecule has 16 heavy (non-hydrogen) atoms. The van der Waals surface area contributed by atoms with Gasteiger partial charge in [0.05, 0.1) is 5.56 Å². The third-order valence-corrected chi connectivity index (χ3v) is 1.97. The van der Waals surface area contributed by atoms with Crippen molar-refractivity contribution in [1.82, 2.24) is 0 Å². The van der Waals surface area contributed by atoms with Gasteiger partial charge in [-0.3, -0.25) is 0 Å². The average molecular weight is 230 g/mol. The van der Waals surface area contributed by atoms with Gasteiger partial charge >= 0.3 is 5.97 Å². The van der Waals surface area contributed by atoms with Gasteiger partial charge < -0.3 is 30.6 Å². The first-order chi connectivity index (χ1) is 7.34.